The zero-order valence-corrected chi connectivity index (χ0v) is 26.8. The first-order valence-corrected chi connectivity index (χ1v) is 15.7. The van der Waals surface area contributed by atoms with E-state index < -0.39 is 0 Å². The highest BCUT2D eigenvalue weighted by atomic mass is 79.9. The van der Waals surface area contributed by atoms with Crippen LogP contribution in [0.25, 0.3) is 10.9 Å². The van der Waals surface area contributed by atoms with Crippen LogP contribution in [0.5, 0.6) is 11.5 Å². The molecule has 1 aliphatic rings. The first kappa shape index (κ1) is 30.3. The number of carbonyl (C=O) groups excluding carboxylic acids is 1. The Kier molecular flexibility index (Phi) is 9.97. The van der Waals surface area contributed by atoms with E-state index in [1.807, 2.05) is 19.1 Å². The van der Waals surface area contributed by atoms with Crippen LogP contribution in [0, 0.1) is 0 Å². The number of halogens is 3. The summed E-state index contributed by atoms with van der Waals surface area (Å²) in [5, 5.41) is 8.49. The Balaban J connectivity index is 1.43. The maximum Gasteiger partial charge on any atom is 0.282 e. The molecular weight excluding hydrogens is 688 g/mol. The molecule has 218 valence electrons. The summed E-state index contributed by atoms with van der Waals surface area (Å²) in [6.07, 6.45) is 6.96. The molecule has 0 spiro atoms. The molecule has 0 unspecified atom stereocenters. The number of amides is 1. The Labute approximate surface area is 265 Å². The van der Waals surface area contributed by atoms with E-state index in [0.29, 0.717) is 55.6 Å². The third-order valence-electron chi connectivity index (χ3n) is 6.93. The third-order valence-corrected chi connectivity index (χ3v) is 8.27. The number of hydrogen-bond donors (Lipinski definition) is 1. The fraction of sp³-hybridized carbons (Fsp3) is 0.290. The molecule has 1 amide bonds. The Morgan fingerprint density at radius 2 is 1.86 bits per heavy atom. The molecule has 0 saturated heterocycles. The number of benzene rings is 3. The molecule has 1 aromatic heterocycles. The van der Waals surface area contributed by atoms with Crippen LogP contribution in [-0.4, -0.2) is 35.0 Å². The number of hydrogen-bond acceptors (Lipinski definition) is 6. The van der Waals surface area contributed by atoms with E-state index in [9.17, 15) is 9.59 Å². The smallest absolute Gasteiger partial charge is 0.282 e. The van der Waals surface area contributed by atoms with Gasteiger partial charge in [-0.3, -0.25) is 9.59 Å². The minimum Gasteiger partial charge on any atom is -0.490 e. The fourth-order valence-electron chi connectivity index (χ4n) is 4.96. The molecular formula is C31H29Br2ClN4O4. The molecule has 0 radical (unpaired) electrons. The average Bonchev–Trinajstić information content (AvgIpc) is 2.98. The first-order chi connectivity index (χ1) is 20.3. The van der Waals surface area contributed by atoms with E-state index >= 15 is 0 Å². The van der Waals surface area contributed by atoms with Crippen molar-refractivity contribution in [2.75, 3.05) is 18.5 Å². The van der Waals surface area contributed by atoms with Crippen LogP contribution in [0.2, 0.25) is 5.02 Å². The molecule has 0 bridgehead atoms. The van der Waals surface area contributed by atoms with Gasteiger partial charge in [-0.05, 0) is 95.9 Å². The Morgan fingerprint density at radius 1 is 1.10 bits per heavy atom. The normalized spacial score (nSPS) is 13.9. The zero-order chi connectivity index (χ0) is 29.6. The van der Waals surface area contributed by atoms with Crippen molar-refractivity contribution < 1.29 is 14.3 Å². The van der Waals surface area contributed by atoms with Gasteiger partial charge >= 0.3 is 0 Å². The molecule has 3 aromatic carbocycles. The van der Waals surface area contributed by atoms with E-state index in [1.54, 1.807) is 48.7 Å². The van der Waals surface area contributed by atoms with Crippen molar-refractivity contribution in [1.82, 2.24) is 9.66 Å². The molecule has 1 N–H and O–H groups in total. The van der Waals surface area contributed by atoms with Crippen molar-refractivity contribution in [3.63, 3.8) is 0 Å². The van der Waals surface area contributed by atoms with Crippen molar-refractivity contribution in [3.8, 4) is 11.5 Å². The molecule has 1 fully saturated rings. The average molecular weight is 717 g/mol. The zero-order valence-electron chi connectivity index (χ0n) is 22.9. The lowest BCUT2D eigenvalue weighted by atomic mass is 9.88. The van der Waals surface area contributed by atoms with Gasteiger partial charge in [0.05, 0.1) is 28.2 Å². The van der Waals surface area contributed by atoms with Crippen molar-refractivity contribution in [3.05, 3.63) is 90.3 Å². The van der Waals surface area contributed by atoms with Crippen molar-refractivity contribution in [2.24, 2.45) is 5.10 Å². The Hall–Kier alpha value is -3.21. The number of nitrogens with zero attached hydrogens (tertiary/aromatic N) is 3. The molecule has 5 rings (SSSR count). The van der Waals surface area contributed by atoms with Gasteiger partial charge in [-0.15, -0.1) is 0 Å². The van der Waals surface area contributed by atoms with Crippen LogP contribution in [-0.2, 0) is 4.79 Å². The number of anilines is 1. The van der Waals surface area contributed by atoms with Crippen LogP contribution in [0.4, 0.5) is 5.69 Å². The maximum atomic E-state index is 13.6. The summed E-state index contributed by atoms with van der Waals surface area (Å²) >= 11 is 12.9. The van der Waals surface area contributed by atoms with Gasteiger partial charge < -0.3 is 14.8 Å². The summed E-state index contributed by atoms with van der Waals surface area (Å²) in [5.41, 5.74) is 1.74. The van der Waals surface area contributed by atoms with Gasteiger partial charge in [0.1, 0.15) is 5.82 Å². The minimum atomic E-state index is -0.331. The third kappa shape index (κ3) is 7.22. The number of ether oxygens (including phenoxy) is 2. The summed E-state index contributed by atoms with van der Waals surface area (Å²) in [6.45, 7) is 2.02. The monoisotopic (exact) mass is 714 g/mol. The van der Waals surface area contributed by atoms with Gasteiger partial charge in [-0.2, -0.15) is 9.78 Å². The van der Waals surface area contributed by atoms with Crippen LogP contribution >= 0.6 is 43.5 Å². The van der Waals surface area contributed by atoms with Crippen LogP contribution in [0.3, 0.4) is 0 Å². The van der Waals surface area contributed by atoms with Crippen LogP contribution < -0.4 is 20.3 Å². The molecule has 1 saturated carbocycles. The highest BCUT2D eigenvalue weighted by Gasteiger charge is 2.23. The second-order valence-corrected chi connectivity index (χ2v) is 12.1. The fourth-order valence-corrected chi connectivity index (χ4v) is 6.02. The Bertz CT molecular complexity index is 1690. The summed E-state index contributed by atoms with van der Waals surface area (Å²) < 4.78 is 14.5. The molecule has 8 nitrogen and oxygen atoms in total. The van der Waals surface area contributed by atoms with Gasteiger partial charge in [-0.25, -0.2) is 4.98 Å². The van der Waals surface area contributed by atoms with Gasteiger partial charge in [0, 0.05) is 21.1 Å². The molecule has 0 atom stereocenters. The molecule has 4 aromatic rings. The number of rotatable bonds is 9. The highest BCUT2D eigenvalue weighted by Crippen LogP contribution is 2.37. The minimum absolute atomic E-state index is 0.164. The lowest BCUT2D eigenvalue weighted by molar-refractivity contribution is -0.118. The van der Waals surface area contributed by atoms with E-state index in [0.717, 1.165) is 30.2 Å². The predicted octanol–water partition coefficient (Wildman–Crippen LogP) is 7.92. The summed E-state index contributed by atoms with van der Waals surface area (Å²) in [5.74, 6) is 1.34. The Morgan fingerprint density at radius 3 is 2.60 bits per heavy atom. The van der Waals surface area contributed by atoms with Gasteiger partial charge in [0.25, 0.3) is 11.5 Å². The van der Waals surface area contributed by atoms with Gasteiger partial charge in [0.2, 0.25) is 0 Å². The summed E-state index contributed by atoms with van der Waals surface area (Å²) in [6, 6.07) is 15.9. The number of nitrogens with one attached hydrogen (secondary N) is 1. The molecule has 11 heteroatoms. The standard InChI is InChI=1S/C31H29Br2ClN4O4/c1-2-41-27-15-19(14-25(33)29(27)42-18-28(39)36-23-11-9-22(34)10-12-23)17-35-38-30(20-6-4-3-5-7-20)37-26-13-8-21(32)16-24(26)31(38)40/h8-17,20H,2-7,18H2,1H3,(H,36,39). The molecule has 0 aliphatic heterocycles. The van der Waals surface area contributed by atoms with E-state index in [4.69, 9.17) is 26.1 Å². The number of carbonyl (C=O) groups is 1. The van der Waals surface area contributed by atoms with Gasteiger partial charge in [-0.1, -0.05) is 46.8 Å². The lowest BCUT2D eigenvalue weighted by Crippen LogP contribution is -2.25. The first-order valence-electron chi connectivity index (χ1n) is 13.7. The largest absolute Gasteiger partial charge is 0.490 e. The summed E-state index contributed by atoms with van der Waals surface area (Å²) in [7, 11) is 0. The quantitative estimate of drug-likeness (QED) is 0.178. The van der Waals surface area contributed by atoms with Gasteiger partial charge in [0.15, 0.2) is 18.1 Å². The summed E-state index contributed by atoms with van der Waals surface area (Å²) in [4.78, 5) is 31.0. The van der Waals surface area contributed by atoms with Crippen LogP contribution in [0.15, 0.2) is 73.4 Å². The SMILES string of the molecule is CCOc1cc(C=Nn2c(C3CCCCC3)nc3ccc(Br)cc3c2=O)cc(Br)c1OCC(=O)Nc1ccc(Cl)cc1. The van der Waals surface area contributed by atoms with Crippen molar-refractivity contribution in [2.45, 2.75) is 44.9 Å². The predicted molar refractivity (Wildman–Crippen MR) is 173 cm³/mol. The highest BCUT2D eigenvalue weighted by molar-refractivity contribution is 9.10. The van der Waals surface area contributed by atoms with Crippen molar-refractivity contribution in [1.29, 1.82) is 0 Å². The lowest BCUT2D eigenvalue weighted by Gasteiger charge is -2.22. The number of aromatic nitrogens is 2. The maximum absolute atomic E-state index is 13.6. The molecule has 42 heavy (non-hydrogen) atoms. The van der Waals surface area contributed by atoms with Crippen LogP contribution in [0.1, 0.15) is 56.3 Å². The van der Waals surface area contributed by atoms with Crippen molar-refractivity contribution >= 4 is 72.2 Å². The van der Waals surface area contributed by atoms with E-state index in [1.165, 1.54) is 11.1 Å². The van der Waals surface area contributed by atoms with E-state index in [2.05, 4.69) is 42.3 Å². The second-order valence-electron chi connectivity index (χ2n) is 9.93. The topological polar surface area (TPSA) is 94.8 Å². The second kappa shape index (κ2) is 13.8. The number of fused-ring (bicyclic) bond motifs is 1. The molecule has 1 heterocycles. The van der Waals surface area contributed by atoms with E-state index in [-0.39, 0.29) is 24.0 Å². The molecule has 1 aliphatic carbocycles.